The summed E-state index contributed by atoms with van der Waals surface area (Å²) in [6.07, 6.45) is 5.42. The Balaban J connectivity index is 2.03. The van der Waals surface area contributed by atoms with Crippen LogP contribution in [0.15, 0.2) is 18.5 Å². The maximum Gasteiger partial charge on any atom is 0.339 e. The quantitative estimate of drug-likeness (QED) is 0.893. The smallest absolute Gasteiger partial charge is 0.339 e. The molecule has 1 saturated heterocycles. The molecule has 0 aromatic carbocycles. The molecule has 1 N–H and O–H groups in total. The second-order valence-electron chi connectivity index (χ2n) is 5.33. The maximum absolute atomic E-state index is 11.2. The average Bonchev–Trinajstić information content (AvgIpc) is 2.41. The predicted octanol–water partition coefficient (Wildman–Crippen LogP) is 1.56. The minimum Gasteiger partial charge on any atom is -0.478 e. The Morgan fingerprint density at radius 3 is 2.84 bits per heavy atom. The largest absolute Gasteiger partial charge is 0.478 e. The molecule has 5 nitrogen and oxygen atoms in total. The van der Waals surface area contributed by atoms with Crippen LogP contribution < -0.4 is 4.90 Å². The zero-order valence-corrected chi connectivity index (χ0v) is 11.5. The Kier molecular flexibility index (Phi) is 4.37. The highest BCUT2D eigenvalue weighted by atomic mass is 16.4. The van der Waals surface area contributed by atoms with E-state index in [1.807, 2.05) is 11.9 Å². The summed E-state index contributed by atoms with van der Waals surface area (Å²) in [7, 11) is 4.10. The molecule has 1 aliphatic rings. The number of rotatable bonds is 4. The Morgan fingerprint density at radius 2 is 2.21 bits per heavy atom. The molecule has 19 heavy (non-hydrogen) atoms. The van der Waals surface area contributed by atoms with E-state index in [2.05, 4.69) is 16.9 Å². The third-order valence-electron chi connectivity index (χ3n) is 3.81. The van der Waals surface area contributed by atoms with Crippen LogP contribution >= 0.6 is 0 Å². The van der Waals surface area contributed by atoms with Crippen LogP contribution in [0.5, 0.6) is 0 Å². The van der Waals surface area contributed by atoms with Gasteiger partial charge in [0.1, 0.15) is 5.56 Å². The number of carboxylic acids is 1. The highest BCUT2D eigenvalue weighted by molar-refractivity contribution is 5.93. The molecule has 0 aliphatic carbocycles. The van der Waals surface area contributed by atoms with E-state index in [4.69, 9.17) is 0 Å². The van der Waals surface area contributed by atoms with E-state index in [1.54, 1.807) is 12.3 Å². The van der Waals surface area contributed by atoms with Crippen molar-refractivity contribution in [3.63, 3.8) is 0 Å². The summed E-state index contributed by atoms with van der Waals surface area (Å²) in [4.78, 5) is 19.5. The zero-order chi connectivity index (χ0) is 13.8. The highest BCUT2D eigenvalue weighted by Gasteiger charge is 2.20. The van der Waals surface area contributed by atoms with Gasteiger partial charge in [-0.2, -0.15) is 0 Å². The Bertz CT molecular complexity index is 442. The molecule has 0 saturated carbocycles. The molecule has 0 atom stereocenters. The fourth-order valence-corrected chi connectivity index (χ4v) is 2.62. The van der Waals surface area contributed by atoms with E-state index in [1.165, 1.54) is 19.0 Å². The van der Waals surface area contributed by atoms with E-state index in [0.717, 1.165) is 25.3 Å². The lowest BCUT2D eigenvalue weighted by Crippen LogP contribution is -2.36. The highest BCUT2D eigenvalue weighted by Crippen LogP contribution is 2.22. The lowest BCUT2D eigenvalue weighted by Gasteiger charge is -2.32. The van der Waals surface area contributed by atoms with Gasteiger partial charge in [-0.3, -0.25) is 4.98 Å². The molecule has 1 aromatic heterocycles. The number of carboxylic acid groups (broad SMARTS) is 1. The number of hydrogen-bond acceptors (Lipinski definition) is 4. The SMILES string of the molecule is CN1CCC(CN(C)c2ccncc2C(=O)O)CC1. The minimum atomic E-state index is -0.918. The number of carbonyl (C=O) groups is 1. The monoisotopic (exact) mass is 263 g/mol. The lowest BCUT2D eigenvalue weighted by molar-refractivity contribution is 0.0697. The number of piperidine rings is 1. The van der Waals surface area contributed by atoms with Gasteiger partial charge in [-0.15, -0.1) is 0 Å². The van der Waals surface area contributed by atoms with Gasteiger partial charge in [0.25, 0.3) is 0 Å². The van der Waals surface area contributed by atoms with Crippen molar-refractivity contribution in [2.45, 2.75) is 12.8 Å². The zero-order valence-electron chi connectivity index (χ0n) is 11.5. The van der Waals surface area contributed by atoms with Crippen LogP contribution in [0.4, 0.5) is 5.69 Å². The molecule has 0 bridgehead atoms. The molecular formula is C14H21N3O2. The average molecular weight is 263 g/mol. The standard InChI is InChI=1S/C14H21N3O2/c1-16-7-4-11(5-8-16)10-17(2)13-3-6-15-9-12(13)14(18)19/h3,6,9,11H,4-5,7-8,10H2,1-2H3,(H,18,19). The fourth-order valence-electron chi connectivity index (χ4n) is 2.62. The molecule has 104 valence electrons. The lowest BCUT2D eigenvalue weighted by atomic mass is 9.96. The number of aromatic nitrogens is 1. The van der Waals surface area contributed by atoms with Crippen LogP contribution in [0.2, 0.25) is 0 Å². The molecule has 0 unspecified atom stereocenters. The van der Waals surface area contributed by atoms with Gasteiger partial charge < -0.3 is 14.9 Å². The van der Waals surface area contributed by atoms with E-state index in [-0.39, 0.29) is 5.56 Å². The van der Waals surface area contributed by atoms with Crippen molar-refractivity contribution in [3.05, 3.63) is 24.0 Å². The van der Waals surface area contributed by atoms with Crippen molar-refractivity contribution >= 4 is 11.7 Å². The third kappa shape index (κ3) is 3.44. The number of nitrogens with zero attached hydrogens (tertiary/aromatic N) is 3. The van der Waals surface area contributed by atoms with Crippen molar-refractivity contribution < 1.29 is 9.90 Å². The molecule has 1 aliphatic heterocycles. The van der Waals surface area contributed by atoms with Crippen molar-refractivity contribution in [2.75, 3.05) is 38.6 Å². The van der Waals surface area contributed by atoms with E-state index in [0.29, 0.717) is 5.92 Å². The van der Waals surface area contributed by atoms with Gasteiger partial charge >= 0.3 is 5.97 Å². The van der Waals surface area contributed by atoms with Crippen LogP contribution in [-0.2, 0) is 0 Å². The molecule has 0 amide bonds. The molecule has 0 spiro atoms. The van der Waals surface area contributed by atoms with Gasteiger partial charge in [-0.05, 0) is 45.0 Å². The molecule has 2 heterocycles. The first-order chi connectivity index (χ1) is 9.08. The molecular weight excluding hydrogens is 242 g/mol. The minimum absolute atomic E-state index is 0.276. The van der Waals surface area contributed by atoms with Crippen LogP contribution in [-0.4, -0.2) is 54.7 Å². The van der Waals surface area contributed by atoms with E-state index in [9.17, 15) is 9.90 Å². The van der Waals surface area contributed by atoms with E-state index >= 15 is 0 Å². The van der Waals surface area contributed by atoms with Gasteiger partial charge in [0.2, 0.25) is 0 Å². The second-order valence-corrected chi connectivity index (χ2v) is 5.33. The van der Waals surface area contributed by atoms with Gasteiger partial charge in [0, 0.05) is 26.0 Å². The first-order valence-electron chi connectivity index (χ1n) is 6.65. The molecule has 0 radical (unpaired) electrons. The molecule has 1 aromatic rings. The summed E-state index contributed by atoms with van der Waals surface area (Å²) in [6, 6.07) is 1.78. The number of aromatic carboxylic acids is 1. The van der Waals surface area contributed by atoms with Crippen molar-refractivity contribution in [1.82, 2.24) is 9.88 Å². The van der Waals surface area contributed by atoms with Gasteiger partial charge in [-0.1, -0.05) is 0 Å². The number of hydrogen-bond donors (Lipinski definition) is 1. The van der Waals surface area contributed by atoms with Crippen molar-refractivity contribution in [3.8, 4) is 0 Å². The summed E-state index contributed by atoms with van der Waals surface area (Å²) >= 11 is 0. The first-order valence-corrected chi connectivity index (χ1v) is 6.65. The first kappa shape index (κ1) is 13.8. The summed E-state index contributed by atoms with van der Waals surface area (Å²) in [6.45, 7) is 3.15. The Labute approximate surface area is 113 Å². The van der Waals surface area contributed by atoms with Gasteiger partial charge in [0.15, 0.2) is 0 Å². The van der Waals surface area contributed by atoms with E-state index < -0.39 is 5.97 Å². The predicted molar refractivity (Wildman–Crippen MR) is 74.7 cm³/mol. The van der Waals surface area contributed by atoms with Crippen LogP contribution in [0, 0.1) is 5.92 Å². The van der Waals surface area contributed by atoms with Crippen LogP contribution in [0.1, 0.15) is 23.2 Å². The Hall–Kier alpha value is -1.62. The normalized spacial score (nSPS) is 17.4. The second kappa shape index (κ2) is 6.02. The summed E-state index contributed by atoms with van der Waals surface area (Å²) < 4.78 is 0. The van der Waals surface area contributed by atoms with Crippen molar-refractivity contribution in [1.29, 1.82) is 0 Å². The van der Waals surface area contributed by atoms with Crippen molar-refractivity contribution in [2.24, 2.45) is 5.92 Å². The third-order valence-corrected chi connectivity index (χ3v) is 3.81. The topological polar surface area (TPSA) is 56.7 Å². The van der Waals surface area contributed by atoms with Gasteiger partial charge in [0.05, 0.1) is 5.69 Å². The molecule has 1 fully saturated rings. The van der Waals surface area contributed by atoms with Crippen LogP contribution in [0.25, 0.3) is 0 Å². The molecule has 2 rings (SSSR count). The number of likely N-dealkylation sites (tertiary alicyclic amines) is 1. The fraction of sp³-hybridized carbons (Fsp3) is 0.571. The summed E-state index contributed by atoms with van der Waals surface area (Å²) in [5, 5.41) is 9.18. The maximum atomic E-state index is 11.2. The summed E-state index contributed by atoms with van der Waals surface area (Å²) in [5.74, 6) is -0.283. The number of pyridine rings is 1. The number of anilines is 1. The van der Waals surface area contributed by atoms with Gasteiger partial charge in [-0.25, -0.2) is 4.79 Å². The summed E-state index contributed by atoms with van der Waals surface area (Å²) in [5.41, 5.74) is 1.03. The Morgan fingerprint density at radius 1 is 1.53 bits per heavy atom. The van der Waals surface area contributed by atoms with Crippen LogP contribution in [0.3, 0.4) is 0 Å². The molecule has 5 heteroatoms.